The van der Waals surface area contributed by atoms with Gasteiger partial charge in [-0.05, 0) is 55.2 Å². The van der Waals surface area contributed by atoms with E-state index in [4.69, 9.17) is 4.74 Å². The van der Waals surface area contributed by atoms with Crippen molar-refractivity contribution in [3.05, 3.63) is 54.1 Å². The molecule has 0 unspecified atom stereocenters. The maximum absolute atomic E-state index is 12.7. The van der Waals surface area contributed by atoms with Crippen LogP contribution in [0.15, 0.2) is 48.5 Å². The third-order valence-corrected chi connectivity index (χ3v) is 5.34. The summed E-state index contributed by atoms with van der Waals surface area (Å²) >= 11 is 0. The molecule has 4 rings (SSSR count). The molecule has 140 valence electrons. The van der Waals surface area contributed by atoms with E-state index in [-0.39, 0.29) is 24.3 Å². The Kier molecular flexibility index (Phi) is 5.10. The zero-order valence-electron chi connectivity index (χ0n) is 15.3. The molecule has 0 spiro atoms. The van der Waals surface area contributed by atoms with Gasteiger partial charge in [0.2, 0.25) is 5.91 Å². The van der Waals surface area contributed by atoms with Crippen LogP contribution in [-0.2, 0) is 16.0 Å². The van der Waals surface area contributed by atoms with Gasteiger partial charge in [-0.1, -0.05) is 31.0 Å². The third-order valence-electron chi connectivity index (χ3n) is 5.34. The van der Waals surface area contributed by atoms with E-state index in [1.165, 1.54) is 0 Å². The topological polar surface area (TPSA) is 58.6 Å². The van der Waals surface area contributed by atoms with Crippen molar-refractivity contribution in [1.29, 1.82) is 0 Å². The van der Waals surface area contributed by atoms with Crippen molar-refractivity contribution in [2.45, 2.75) is 32.1 Å². The fourth-order valence-corrected chi connectivity index (χ4v) is 3.96. The van der Waals surface area contributed by atoms with Gasteiger partial charge in [0.1, 0.15) is 5.75 Å². The lowest BCUT2D eigenvalue weighted by Gasteiger charge is -2.21. The van der Waals surface area contributed by atoms with Gasteiger partial charge in [-0.3, -0.25) is 9.59 Å². The molecule has 0 bridgehead atoms. The molecule has 27 heavy (non-hydrogen) atoms. The molecule has 1 aliphatic heterocycles. The first-order valence-corrected chi connectivity index (χ1v) is 9.63. The Morgan fingerprint density at radius 3 is 2.63 bits per heavy atom. The largest absolute Gasteiger partial charge is 0.484 e. The molecular formula is C22H24N2O3. The minimum absolute atomic E-state index is 0.0343. The van der Waals surface area contributed by atoms with Gasteiger partial charge in [-0.2, -0.15) is 0 Å². The molecule has 0 saturated heterocycles. The van der Waals surface area contributed by atoms with Crippen molar-refractivity contribution in [2.75, 3.05) is 23.4 Å². The number of rotatable bonds is 5. The first kappa shape index (κ1) is 17.6. The second-order valence-corrected chi connectivity index (χ2v) is 7.21. The molecule has 0 atom stereocenters. The minimum Gasteiger partial charge on any atom is -0.484 e. The summed E-state index contributed by atoms with van der Waals surface area (Å²) in [5, 5.41) is 2.87. The number of ether oxygens (including phenoxy) is 1. The maximum Gasteiger partial charge on any atom is 0.262 e. The molecule has 1 fully saturated rings. The average Bonchev–Trinajstić information content (AvgIpc) is 3.36. The Morgan fingerprint density at radius 2 is 1.85 bits per heavy atom. The van der Waals surface area contributed by atoms with Crippen molar-refractivity contribution < 1.29 is 14.3 Å². The fraction of sp³-hybridized carbons (Fsp3) is 0.364. The van der Waals surface area contributed by atoms with Gasteiger partial charge in [0.25, 0.3) is 5.91 Å². The van der Waals surface area contributed by atoms with Crippen molar-refractivity contribution in [3.63, 3.8) is 0 Å². The van der Waals surface area contributed by atoms with E-state index in [9.17, 15) is 9.59 Å². The standard InChI is InChI=1S/C22H24N2O3/c25-21(15-27-19-8-2-1-3-9-19)23-18-10-11-20-17(14-18)12-13-24(20)22(26)16-6-4-5-7-16/h1-3,8-11,14,16H,4-7,12-13,15H2,(H,23,25). The van der Waals surface area contributed by atoms with Gasteiger partial charge in [-0.15, -0.1) is 0 Å². The summed E-state index contributed by atoms with van der Waals surface area (Å²) in [4.78, 5) is 26.8. The van der Waals surface area contributed by atoms with Crippen molar-refractivity contribution >= 4 is 23.2 Å². The molecule has 1 aliphatic carbocycles. The summed E-state index contributed by atoms with van der Waals surface area (Å²) < 4.78 is 5.47. The van der Waals surface area contributed by atoms with Gasteiger partial charge < -0.3 is 15.0 Å². The number of para-hydroxylation sites is 1. The Labute approximate surface area is 159 Å². The van der Waals surface area contributed by atoms with E-state index in [1.807, 2.05) is 53.4 Å². The van der Waals surface area contributed by atoms with E-state index in [2.05, 4.69) is 5.32 Å². The first-order chi connectivity index (χ1) is 13.2. The predicted octanol–water partition coefficient (Wildman–Crippen LogP) is 3.78. The summed E-state index contributed by atoms with van der Waals surface area (Å²) in [5.74, 6) is 0.920. The summed E-state index contributed by atoms with van der Waals surface area (Å²) in [5.41, 5.74) is 2.85. The van der Waals surface area contributed by atoms with E-state index in [1.54, 1.807) is 0 Å². The average molecular weight is 364 g/mol. The van der Waals surface area contributed by atoms with Crippen LogP contribution in [0.3, 0.4) is 0 Å². The van der Waals surface area contributed by atoms with Crippen molar-refractivity contribution in [2.24, 2.45) is 5.92 Å². The summed E-state index contributed by atoms with van der Waals surface area (Å²) in [6, 6.07) is 15.0. The van der Waals surface area contributed by atoms with E-state index < -0.39 is 0 Å². The smallest absolute Gasteiger partial charge is 0.262 e. The van der Waals surface area contributed by atoms with Crippen molar-refractivity contribution in [3.8, 4) is 5.75 Å². The van der Waals surface area contributed by atoms with Crippen molar-refractivity contribution in [1.82, 2.24) is 0 Å². The Morgan fingerprint density at radius 1 is 1.07 bits per heavy atom. The van der Waals surface area contributed by atoms with Crippen LogP contribution < -0.4 is 15.0 Å². The molecule has 1 saturated carbocycles. The fourth-order valence-electron chi connectivity index (χ4n) is 3.96. The maximum atomic E-state index is 12.7. The van der Waals surface area contributed by atoms with Crippen LogP contribution in [0.25, 0.3) is 0 Å². The number of carbonyl (C=O) groups excluding carboxylic acids is 2. The van der Waals surface area contributed by atoms with E-state index >= 15 is 0 Å². The Hall–Kier alpha value is -2.82. The number of carbonyl (C=O) groups is 2. The van der Waals surface area contributed by atoms with Crippen LogP contribution in [0.5, 0.6) is 5.75 Å². The van der Waals surface area contributed by atoms with Crippen LogP contribution in [0.2, 0.25) is 0 Å². The highest BCUT2D eigenvalue weighted by atomic mass is 16.5. The van der Waals surface area contributed by atoms with Crippen LogP contribution in [0, 0.1) is 5.92 Å². The second kappa shape index (κ2) is 7.82. The second-order valence-electron chi connectivity index (χ2n) is 7.21. The third kappa shape index (κ3) is 3.97. The Bertz CT molecular complexity index is 829. The lowest BCUT2D eigenvalue weighted by atomic mass is 10.1. The van der Waals surface area contributed by atoms with Gasteiger partial charge in [-0.25, -0.2) is 0 Å². The normalized spacial score (nSPS) is 16.2. The van der Waals surface area contributed by atoms with Crippen LogP contribution in [0.4, 0.5) is 11.4 Å². The predicted molar refractivity (Wildman–Crippen MR) is 105 cm³/mol. The van der Waals surface area contributed by atoms with E-state index in [0.717, 1.165) is 55.6 Å². The highest BCUT2D eigenvalue weighted by Gasteiger charge is 2.31. The molecule has 5 heteroatoms. The highest BCUT2D eigenvalue weighted by molar-refractivity contribution is 5.98. The molecular weight excluding hydrogens is 340 g/mol. The molecule has 2 aromatic carbocycles. The first-order valence-electron chi connectivity index (χ1n) is 9.63. The zero-order chi connectivity index (χ0) is 18.6. The number of benzene rings is 2. The zero-order valence-corrected chi connectivity index (χ0v) is 15.3. The van der Waals surface area contributed by atoms with Gasteiger partial charge in [0, 0.05) is 23.8 Å². The molecule has 0 radical (unpaired) electrons. The van der Waals surface area contributed by atoms with E-state index in [0.29, 0.717) is 5.75 Å². The SMILES string of the molecule is O=C(COc1ccccc1)Nc1ccc2c(c1)CCN2C(=O)C1CCCC1. The van der Waals surface area contributed by atoms with Gasteiger partial charge in [0.05, 0.1) is 0 Å². The quantitative estimate of drug-likeness (QED) is 0.878. The lowest BCUT2D eigenvalue weighted by Crippen LogP contribution is -2.33. The number of nitrogens with zero attached hydrogens (tertiary/aromatic N) is 1. The number of fused-ring (bicyclic) bond motifs is 1. The van der Waals surface area contributed by atoms with Crippen LogP contribution in [-0.4, -0.2) is 25.0 Å². The molecule has 5 nitrogen and oxygen atoms in total. The summed E-state index contributed by atoms with van der Waals surface area (Å²) in [6.07, 6.45) is 5.18. The summed E-state index contributed by atoms with van der Waals surface area (Å²) in [6.45, 7) is 0.701. The van der Waals surface area contributed by atoms with Crippen LogP contribution >= 0.6 is 0 Å². The molecule has 2 amide bonds. The lowest BCUT2D eigenvalue weighted by molar-refractivity contribution is -0.122. The van der Waals surface area contributed by atoms with Crippen LogP contribution in [0.1, 0.15) is 31.2 Å². The van der Waals surface area contributed by atoms with Gasteiger partial charge in [0.15, 0.2) is 6.61 Å². The highest BCUT2D eigenvalue weighted by Crippen LogP contribution is 2.34. The number of hydrogen-bond donors (Lipinski definition) is 1. The number of nitrogens with one attached hydrogen (secondary N) is 1. The minimum atomic E-state index is -0.198. The molecule has 1 N–H and O–H groups in total. The van der Waals surface area contributed by atoms with Gasteiger partial charge >= 0.3 is 0 Å². The number of amides is 2. The molecule has 0 aromatic heterocycles. The molecule has 1 heterocycles. The molecule has 2 aliphatic rings. The number of anilines is 2. The Balaban J connectivity index is 1.37. The molecule has 2 aromatic rings. The summed E-state index contributed by atoms with van der Waals surface area (Å²) in [7, 11) is 0. The monoisotopic (exact) mass is 364 g/mol. The number of hydrogen-bond acceptors (Lipinski definition) is 3.